The third-order valence-electron chi connectivity index (χ3n) is 1.70. The van der Waals surface area contributed by atoms with Gasteiger partial charge in [0.05, 0.1) is 6.61 Å². The Kier molecular flexibility index (Phi) is 4.05. The molecule has 1 aromatic rings. The molecule has 0 aliphatic rings. The smallest absolute Gasteiger partial charge is 0.319 e. The molecule has 1 rings (SSSR count). The van der Waals surface area contributed by atoms with Crippen LogP contribution in [-0.2, 0) is 0 Å². The van der Waals surface area contributed by atoms with Crippen molar-refractivity contribution in [2.75, 3.05) is 18.5 Å². The lowest BCUT2D eigenvalue weighted by Gasteiger charge is -2.07. The van der Waals surface area contributed by atoms with Gasteiger partial charge < -0.3 is 15.7 Å². The fraction of sp³-hybridized carbons (Fsp3) is 0.300. The van der Waals surface area contributed by atoms with Gasteiger partial charge in [-0.05, 0) is 30.7 Å². The predicted molar refractivity (Wildman–Crippen MR) is 55.2 cm³/mol. The number of amides is 2. The second-order valence-corrected chi connectivity index (χ2v) is 3.12. The minimum Gasteiger partial charge on any atom is -0.395 e. The van der Waals surface area contributed by atoms with Gasteiger partial charge in [0, 0.05) is 12.2 Å². The van der Waals surface area contributed by atoms with Crippen LogP contribution in [0.3, 0.4) is 0 Å². The van der Waals surface area contributed by atoms with Crippen LogP contribution in [0.25, 0.3) is 0 Å². The maximum absolute atomic E-state index is 12.9. The van der Waals surface area contributed by atoms with E-state index in [1.54, 1.807) is 13.0 Å². The van der Waals surface area contributed by atoms with Crippen molar-refractivity contribution < 1.29 is 14.3 Å². The summed E-state index contributed by atoms with van der Waals surface area (Å²) < 4.78 is 12.9. The minimum atomic E-state index is -0.464. The average Bonchev–Trinajstić information content (AvgIpc) is 2.13. The summed E-state index contributed by atoms with van der Waals surface area (Å²) in [5.74, 6) is -0.396. The van der Waals surface area contributed by atoms with Crippen molar-refractivity contribution >= 4 is 11.7 Å². The molecule has 0 saturated heterocycles. The zero-order valence-electron chi connectivity index (χ0n) is 8.38. The van der Waals surface area contributed by atoms with Gasteiger partial charge in [-0.25, -0.2) is 9.18 Å². The SMILES string of the molecule is Cc1cc(F)cc(NC(=O)NCCO)c1. The highest BCUT2D eigenvalue weighted by molar-refractivity contribution is 5.89. The molecular formula is C10H13FN2O2. The molecule has 0 bridgehead atoms. The van der Waals surface area contributed by atoms with Gasteiger partial charge in [-0.15, -0.1) is 0 Å². The van der Waals surface area contributed by atoms with E-state index in [4.69, 9.17) is 5.11 Å². The second kappa shape index (κ2) is 5.31. The molecule has 0 aromatic heterocycles. The summed E-state index contributed by atoms with van der Waals surface area (Å²) >= 11 is 0. The molecule has 0 aliphatic carbocycles. The quantitative estimate of drug-likeness (QED) is 0.706. The van der Waals surface area contributed by atoms with E-state index in [0.29, 0.717) is 5.69 Å². The van der Waals surface area contributed by atoms with Crippen LogP contribution in [0.15, 0.2) is 18.2 Å². The number of aliphatic hydroxyl groups excluding tert-OH is 1. The summed E-state index contributed by atoms with van der Waals surface area (Å²) in [6.07, 6.45) is 0. The molecule has 0 unspecified atom stereocenters. The number of carbonyl (C=O) groups is 1. The topological polar surface area (TPSA) is 61.4 Å². The van der Waals surface area contributed by atoms with Crippen LogP contribution in [0, 0.1) is 12.7 Å². The van der Waals surface area contributed by atoms with E-state index < -0.39 is 11.8 Å². The van der Waals surface area contributed by atoms with Gasteiger partial charge in [-0.2, -0.15) is 0 Å². The van der Waals surface area contributed by atoms with Gasteiger partial charge in [-0.3, -0.25) is 0 Å². The molecule has 4 nitrogen and oxygen atoms in total. The maximum atomic E-state index is 12.9. The summed E-state index contributed by atoms with van der Waals surface area (Å²) in [7, 11) is 0. The second-order valence-electron chi connectivity index (χ2n) is 3.12. The van der Waals surface area contributed by atoms with E-state index in [2.05, 4.69) is 10.6 Å². The highest BCUT2D eigenvalue weighted by Crippen LogP contribution is 2.12. The average molecular weight is 212 g/mol. The standard InChI is InChI=1S/C10H13FN2O2/c1-7-4-8(11)6-9(5-7)13-10(15)12-2-3-14/h4-6,14H,2-3H2,1H3,(H2,12,13,15). The van der Waals surface area contributed by atoms with Crippen molar-refractivity contribution in [1.82, 2.24) is 5.32 Å². The zero-order chi connectivity index (χ0) is 11.3. The van der Waals surface area contributed by atoms with Crippen LogP contribution < -0.4 is 10.6 Å². The van der Waals surface area contributed by atoms with Gasteiger partial charge in [0.25, 0.3) is 0 Å². The summed E-state index contributed by atoms with van der Waals surface area (Å²) in [4.78, 5) is 11.1. The maximum Gasteiger partial charge on any atom is 0.319 e. The number of hydrogen-bond donors (Lipinski definition) is 3. The van der Waals surface area contributed by atoms with Crippen LogP contribution in [0.5, 0.6) is 0 Å². The van der Waals surface area contributed by atoms with Crippen molar-refractivity contribution in [3.05, 3.63) is 29.6 Å². The lowest BCUT2D eigenvalue weighted by atomic mass is 10.2. The molecule has 0 radical (unpaired) electrons. The summed E-state index contributed by atoms with van der Waals surface area (Å²) in [6.45, 7) is 1.77. The Morgan fingerprint density at radius 2 is 2.20 bits per heavy atom. The Labute approximate surface area is 87.1 Å². The number of nitrogens with one attached hydrogen (secondary N) is 2. The van der Waals surface area contributed by atoms with Crippen molar-refractivity contribution in [1.29, 1.82) is 0 Å². The molecule has 5 heteroatoms. The van der Waals surface area contributed by atoms with E-state index in [1.807, 2.05) is 0 Å². The lowest BCUT2D eigenvalue weighted by Crippen LogP contribution is -2.31. The molecule has 2 amide bonds. The van der Waals surface area contributed by atoms with Crippen LogP contribution >= 0.6 is 0 Å². The van der Waals surface area contributed by atoms with Crippen molar-refractivity contribution in [2.24, 2.45) is 0 Å². The van der Waals surface area contributed by atoms with Gasteiger partial charge >= 0.3 is 6.03 Å². The third kappa shape index (κ3) is 3.95. The van der Waals surface area contributed by atoms with Crippen molar-refractivity contribution in [3.8, 4) is 0 Å². The number of urea groups is 1. The number of rotatable bonds is 3. The first-order chi connectivity index (χ1) is 7.11. The highest BCUT2D eigenvalue weighted by Gasteiger charge is 2.02. The van der Waals surface area contributed by atoms with Crippen molar-refractivity contribution in [3.63, 3.8) is 0 Å². The molecule has 3 N–H and O–H groups in total. The van der Waals surface area contributed by atoms with E-state index in [9.17, 15) is 9.18 Å². The fourth-order valence-corrected chi connectivity index (χ4v) is 1.15. The van der Waals surface area contributed by atoms with Crippen LogP contribution in [0.2, 0.25) is 0 Å². The number of aliphatic hydroxyl groups is 1. The number of halogens is 1. The fourth-order valence-electron chi connectivity index (χ4n) is 1.15. The Balaban J connectivity index is 2.60. The monoisotopic (exact) mass is 212 g/mol. The zero-order valence-corrected chi connectivity index (χ0v) is 8.38. The van der Waals surface area contributed by atoms with Crippen LogP contribution in [-0.4, -0.2) is 24.3 Å². The predicted octanol–water partition coefficient (Wildman–Crippen LogP) is 1.25. The first kappa shape index (κ1) is 11.5. The first-order valence-corrected chi connectivity index (χ1v) is 4.54. The molecule has 15 heavy (non-hydrogen) atoms. The number of hydrogen-bond acceptors (Lipinski definition) is 2. The largest absolute Gasteiger partial charge is 0.395 e. The Hall–Kier alpha value is -1.62. The van der Waals surface area contributed by atoms with E-state index in [0.717, 1.165) is 5.56 Å². The third-order valence-corrected chi connectivity index (χ3v) is 1.70. The van der Waals surface area contributed by atoms with Gasteiger partial charge in [0.15, 0.2) is 0 Å². The van der Waals surface area contributed by atoms with Gasteiger partial charge in [0.2, 0.25) is 0 Å². The number of carbonyl (C=O) groups excluding carboxylic acids is 1. The Morgan fingerprint density at radius 3 is 2.80 bits per heavy atom. The van der Waals surface area contributed by atoms with E-state index in [-0.39, 0.29) is 13.2 Å². The number of benzene rings is 1. The Morgan fingerprint density at radius 1 is 1.47 bits per heavy atom. The Bertz CT molecular complexity index is 335. The van der Waals surface area contributed by atoms with E-state index >= 15 is 0 Å². The van der Waals surface area contributed by atoms with Crippen LogP contribution in [0.4, 0.5) is 14.9 Å². The first-order valence-electron chi connectivity index (χ1n) is 4.54. The molecule has 0 spiro atoms. The molecule has 0 atom stereocenters. The molecule has 0 heterocycles. The summed E-state index contributed by atoms with van der Waals surface area (Å²) in [5, 5.41) is 13.3. The molecule has 0 saturated carbocycles. The normalized spacial score (nSPS) is 9.80. The molecule has 82 valence electrons. The molecule has 1 aromatic carbocycles. The summed E-state index contributed by atoms with van der Waals surface area (Å²) in [6, 6.07) is 3.79. The minimum absolute atomic E-state index is 0.129. The number of aryl methyl sites for hydroxylation is 1. The van der Waals surface area contributed by atoms with Crippen molar-refractivity contribution in [2.45, 2.75) is 6.92 Å². The van der Waals surface area contributed by atoms with Crippen LogP contribution in [0.1, 0.15) is 5.56 Å². The van der Waals surface area contributed by atoms with Gasteiger partial charge in [0.1, 0.15) is 5.82 Å². The molecular weight excluding hydrogens is 199 g/mol. The summed E-state index contributed by atoms with van der Waals surface area (Å²) in [5.41, 5.74) is 1.12. The van der Waals surface area contributed by atoms with Gasteiger partial charge in [-0.1, -0.05) is 0 Å². The molecule has 0 fully saturated rings. The molecule has 0 aliphatic heterocycles. The lowest BCUT2D eigenvalue weighted by molar-refractivity contribution is 0.245. The number of anilines is 1. The van der Waals surface area contributed by atoms with E-state index in [1.165, 1.54) is 12.1 Å². The highest BCUT2D eigenvalue weighted by atomic mass is 19.1.